The maximum atomic E-state index is 6.11. The molecule has 0 bridgehead atoms. The maximum Gasteiger partial charge on any atom is 0.148 e. The molecule has 2 unspecified atom stereocenters. The third kappa shape index (κ3) is 3.30. The molecule has 0 aliphatic carbocycles. The maximum absolute atomic E-state index is 6.11. The van der Waals surface area contributed by atoms with Crippen LogP contribution < -0.4 is 10.5 Å². The quantitative estimate of drug-likeness (QED) is 0.902. The van der Waals surface area contributed by atoms with E-state index in [9.17, 15) is 0 Å². The van der Waals surface area contributed by atoms with Crippen LogP contribution in [-0.4, -0.2) is 6.04 Å². The zero-order chi connectivity index (χ0) is 14.0. The minimum atomic E-state index is -0.169. The fourth-order valence-electron chi connectivity index (χ4n) is 1.89. The number of halogens is 1. The molecule has 2 atom stereocenters. The van der Waals surface area contributed by atoms with Crippen molar-refractivity contribution in [2.45, 2.75) is 32.9 Å². The second-order valence-corrected chi connectivity index (χ2v) is 6.48. The highest BCUT2D eigenvalue weighted by atomic mass is 35.5. The number of thiophene rings is 1. The van der Waals surface area contributed by atoms with Gasteiger partial charge in [-0.15, -0.1) is 11.3 Å². The summed E-state index contributed by atoms with van der Waals surface area (Å²) in [6.07, 6.45) is -0.169. The Morgan fingerprint density at radius 2 is 1.95 bits per heavy atom. The van der Waals surface area contributed by atoms with Crippen LogP contribution >= 0.6 is 22.9 Å². The first-order valence-electron chi connectivity index (χ1n) is 6.22. The van der Waals surface area contributed by atoms with Gasteiger partial charge in [-0.2, -0.15) is 0 Å². The lowest BCUT2D eigenvalue weighted by atomic mass is 10.1. The summed E-state index contributed by atoms with van der Waals surface area (Å²) in [4.78, 5) is 1.06. The van der Waals surface area contributed by atoms with Gasteiger partial charge in [0.1, 0.15) is 11.9 Å². The fourth-order valence-corrected chi connectivity index (χ4v) is 3.10. The van der Waals surface area contributed by atoms with E-state index in [-0.39, 0.29) is 12.1 Å². The second kappa shape index (κ2) is 5.95. The number of rotatable bonds is 4. The lowest BCUT2D eigenvalue weighted by Crippen LogP contribution is -2.28. The highest BCUT2D eigenvalue weighted by Crippen LogP contribution is 2.33. The van der Waals surface area contributed by atoms with Gasteiger partial charge in [0, 0.05) is 10.9 Å². The van der Waals surface area contributed by atoms with Crippen molar-refractivity contribution in [2.24, 2.45) is 5.73 Å². The molecule has 1 heterocycles. The lowest BCUT2D eigenvalue weighted by molar-refractivity contribution is 0.183. The Morgan fingerprint density at radius 3 is 2.53 bits per heavy atom. The Morgan fingerprint density at radius 1 is 1.21 bits per heavy atom. The fraction of sp³-hybridized carbons (Fsp3) is 0.333. The van der Waals surface area contributed by atoms with Crippen molar-refractivity contribution < 1.29 is 4.74 Å². The molecule has 1 aromatic carbocycles. The SMILES string of the molecule is Cc1cccc(OC(c2ccc(Cl)s2)C(C)N)c1C. The van der Waals surface area contributed by atoms with E-state index in [0.717, 1.165) is 20.5 Å². The Balaban J connectivity index is 2.29. The van der Waals surface area contributed by atoms with Crippen LogP contribution in [0.2, 0.25) is 4.34 Å². The molecule has 2 N–H and O–H groups in total. The zero-order valence-electron chi connectivity index (χ0n) is 11.3. The lowest BCUT2D eigenvalue weighted by Gasteiger charge is -2.23. The molecular formula is C15H18ClNOS. The molecule has 0 fully saturated rings. The van der Waals surface area contributed by atoms with Gasteiger partial charge in [0.25, 0.3) is 0 Å². The van der Waals surface area contributed by atoms with E-state index in [2.05, 4.69) is 19.9 Å². The van der Waals surface area contributed by atoms with E-state index in [1.807, 2.05) is 31.2 Å². The van der Waals surface area contributed by atoms with E-state index in [1.165, 1.54) is 16.9 Å². The van der Waals surface area contributed by atoms with Gasteiger partial charge in [0.2, 0.25) is 0 Å². The molecule has 19 heavy (non-hydrogen) atoms. The van der Waals surface area contributed by atoms with Gasteiger partial charge in [0.15, 0.2) is 0 Å². The molecule has 0 amide bonds. The van der Waals surface area contributed by atoms with E-state index >= 15 is 0 Å². The van der Waals surface area contributed by atoms with Crippen LogP contribution in [0.15, 0.2) is 30.3 Å². The molecule has 1 aromatic heterocycles. The summed E-state index contributed by atoms with van der Waals surface area (Å²) in [5.74, 6) is 0.881. The number of benzene rings is 1. The van der Waals surface area contributed by atoms with Crippen molar-refractivity contribution in [1.29, 1.82) is 0 Å². The van der Waals surface area contributed by atoms with Crippen LogP contribution in [0.5, 0.6) is 5.75 Å². The highest BCUT2D eigenvalue weighted by molar-refractivity contribution is 7.16. The molecule has 0 aliphatic rings. The third-order valence-corrected chi connectivity index (χ3v) is 4.45. The van der Waals surface area contributed by atoms with Crippen LogP contribution in [0.4, 0.5) is 0 Å². The monoisotopic (exact) mass is 295 g/mol. The second-order valence-electron chi connectivity index (χ2n) is 4.74. The van der Waals surface area contributed by atoms with E-state index < -0.39 is 0 Å². The molecule has 4 heteroatoms. The summed E-state index contributed by atoms with van der Waals surface area (Å²) in [6.45, 7) is 6.08. The van der Waals surface area contributed by atoms with Crippen molar-refractivity contribution >= 4 is 22.9 Å². The molecule has 2 rings (SSSR count). The summed E-state index contributed by atoms with van der Waals surface area (Å²) in [6, 6.07) is 9.81. The van der Waals surface area contributed by atoms with Crippen LogP contribution in [0.25, 0.3) is 0 Å². The smallest absolute Gasteiger partial charge is 0.148 e. The van der Waals surface area contributed by atoms with Gasteiger partial charge < -0.3 is 10.5 Å². The number of aryl methyl sites for hydroxylation is 1. The van der Waals surface area contributed by atoms with Gasteiger partial charge >= 0.3 is 0 Å². The average Bonchev–Trinajstić information content (AvgIpc) is 2.77. The van der Waals surface area contributed by atoms with Crippen molar-refractivity contribution in [1.82, 2.24) is 0 Å². The molecule has 102 valence electrons. The average molecular weight is 296 g/mol. The molecule has 0 saturated heterocycles. The first-order chi connectivity index (χ1) is 8.99. The summed E-state index contributed by atoms with van der Waals surface area (Å²) < 4.78 is 6.87. The van der Waals surface area contributed by atoms with Crippen LogP contribution in [-0.2, 0) is 0 Å². The van der Waals surface area contributed by atoms with Gasteiger partial charge in [-0.05, 0) is 50.1 Å². The molecule has 0 radical (unpaired) electrons. The normalized spacial score (nSPS) is 14.2. The first-order valence-corrected chi connectivity index (χ1v) is 7.42. The number of nitrogens with two attached hydrogens (primary N) is 1. The standard InChI is InChI=1S/C15H18ClNOS/c1-9-5-4-6-12(10(9)2)18-15(11(3)17)13-7-8-14(16)19-13/h4-8,11,15H,17H2,1-3H3. The Labute approximate surface area is 123 Å². The molecule has 0 spiro atoms. The predicted octanol–water partition coefficient (Wildman–Crippen LogP) is 4.49. The molecule has 0 aliphatic heterocycles. The molecular weight excluding hydrogens is 278 g/mol. The first kappa shape index (κ1) is 14.4. The van der Waals surface area contributed by atoms with Crippen LogP contribution in [0.3, 0.4) is 0 Å². The molecule has 2 aromatic rings. The summed E-state index contributed by atoms with van der Waals surface area (Å²) in [5.41, 5.74) is 8.41. The third-order valence-electron chi connectivity index (χ3n) is 3.16. The number of hydrogen-bond acceptors (Lipinski definition) is 3. The Bertz CT molecular complexity index is 565. The minimum Gasteiger partial charge on any atom is -0.483 e. The van der Waals surface area contributed by atoms with Gasteiger partial charge in [0.05, 0.1) is 4.34 Å². The summed E-state index contributed by atoms with van der Waals surface area (Å²) >= 11 is 7.50. The largest absolute Gasteiger partial charge is 0.483 e. The number of ether oxygens (including phenoxy) is 1. The van der Waals surface area contributed by atoms with Crippen LogP contribution in [0, 0.1) is 13.8 Å². The van der Waals surface area contributed by atoms with Gasteiger partial charge in [-0.25, -0.2) is 0 Å². The molecule has 0 saturated carbocycles. The van der Waals surface area contributed by atoms with E-state index in [1.54, 1.807) is 0 Å². The zero-order valence-corrected chi connectivity index (χ0v) is 12.9. The summed E-state index contributed by atoms with van der Waals surface area (Å²) in [7, 11) is 0. The summed E-state index contributed by atoms with van der Waals surface area (Å²) in [5, 5.41) is 0. The topological polar surface area (TPSA) is 35.2 Å². The van der Waals surface area contributed by atoms with Gasteiger partial charge in [-0.3, -0.25) is 0 Å². The van der Waals surface area contributed by atoms with Gasteiger partial charge in [-0.1, -0.05) is 23.7 Å². The van der Waals surface area contributed by atoms with Crippen molar-refractivity contribution in [3.8, 4) is 5.75 Å². The van der Waals surface area contributed by atoms with Crippen molar-refractivity contribution in [3.05, 3.63) is 50.7 Å². The van der Waals surface area contributed by atoms with Crippen molar-refractivity contribution in [3.63, 3.8) is 0 Å². The Kier molecular flexibility index (Phi) is 4.50. The predicted molar refractivity (Wildman–Crippen MR) is 82.3 cm³/mol. The van der Waals surface area contributed by atoms with Crippen LogP contribution in [0.1, 0.15) is 29.0 Å². The van der Waals surface area contributed by atoms with E-state index in [4.69, 9.17) is 22.1 Å². The Hall–Kier alpha value is -1.03. The van der Waals surface area contributed by atoms with Crippen molar-refractivity contribution in [2.75, 3.05) is 0 Å². The highest BCUT2D eigenvalue weighted by Gasteiger charge is 2.21. The molecule has 2 nitrogen and oxygen atoms in total. The van der Waals surface area contributed by atoms with E-state index in [0.29, 0.717) is 0 Å². The minimum absolute atomic E-state index is 0.102. The number of hydrogen-bond donors (Lipinski definition) is 1.